The maximum atomic E-state index is 12.0. The molecule has 1 amide bonds. The van der Waals surface area contributed by atoms with Crippen molar-refractivity contribution in [3.63, 3.8) is 0 Å². The number of aromatic nitrogens is 1. The lowest BCUT2D eigenvalue weighted by molar-refractivity contribution is -0.116. The van der Waals surface area contributed by atoms with Gasteiger partial charge in [-0.05, 0) is 41.3 Å². The molecule has 0 aliphatic carbocycles. The third kappa shape index (κ3) is 3.35. The quantitative estimate of drug-likeness (QED) is 0.729. The molecular formula is C20H18N2O3. The van der Waals surface area contributed by atoms with Gasteiger partial charge in [0.25, 0.3) is 0 Å². The molecule has 0 fully saturated rings. The number of para-hydroxylation sites is 1. The summed E-state index contributed by atoms with van der Waals surface area (Å²) in [5.74, 6) is 1.33. The molecule has 0 atom stereocenters. The number of hydrogen-bond acceptors (Lipinski definition) is 3. The third-order valence-corrected chi connectivity index (χ3v) is 4.16. The van der Waals surface area contributed by atoms with E-state index in [0.717, 1.165) is 17.9 Å². The highest BCUT2D eigenvalue weighted by atomic mass is 16.7. The van der Waals surface area contributed by atoms with E-state index in [-0.39, 0.29) is 12.7 Å². The Bertz CT molecular complexity index is 943. The molecule has 2 aromatic carbocycles. The smallest absolute Gasteiger partial charge is 0.244 e. The Morgan fingerprint density at radius 3 is 2.96 bits per heavy atom. The van der Waals surface area contributed by atoms with E-state index in [2.05, 4.69) is 28.1 Å². The molecule has 1 aliphatic heterocycles. The largest absolute Gasteiger partial charge is 0.454 e. The Kier molecular flexibility index (Phi) is 4.12. The van der Waals surface area contributed by atoms with Crippen LogP contribution >= 0.6 is 0 Å². The number of ether oxygens (including phenoxy) is 2. The zero-order chi connectivity index (χ0) is 17.1. The van der Waals surface area contributed by atoms with Gasteiger partial charge < -0.3 is 19.4 Å². The zero-order valence-corrected chi connectivity index (χ0v) is 13.6. The molecule has 1 aliphatic rings. The highest BCUT2D eigenvalue weighted by molar-refractivity contribution is 5.91. The minimum atomic E-state index is -0.117. The van der Waals surface area contributed by atoms with Crippen molar-refractivity contribution in [2.75, 3.05) is 13.3 Å². The average Bonchev–Trinajstić information content (AvgIpc) is 3.26. The standard InChI is InChI=1S/C20H18N2O3/c23-20(8-6-15-5-7-18-19(13-15)25-14-24-18)21-10-12-22-11-9-16-3-1-2-4-17(16)22/h1-9,11,13H,10,12,14H2,(H,21,23). The van der Waals surface area contributed by atoms with Crippen LogP contribution in [0.25, 0.3) is 17.0 Å². The van der Waals surface area contributed by atoms with Crippen molar-refractivity contribution in [1.82, 2.24) is 9.88 Å². The summed E-state index contributed by atoms with van der Waals surface area (Å²) >= 11 is 0. The minimum Gasteiger partial charge on any atom is -0.454 e. The van der Waals surface area contributed by atoms with Crippen molar-refractivity contribution in [2.45, 2.75) is 6.54 Å². The van der Waals surface area contributed by atoms with Gasteiger partial charge in [-0.1, -0.05) is 24.3 Å². The molecule has 1 aromatic heterocycles. The van der Waals surface area contributed by atoms with Gasteiger partial charge in [0.1, 0.15) is 0 Å². The molecule has 5 heteroatoms. The highest BCUT2D eigenvalue weighted by Gasteiger charge is 2.12. The van der Waals surface area contributed by atoms with Gasteiger partial charge >= 0.3 is 0 Å². The molecule has 5 nitrogen and oxygen atoms in total. The number of nitrogens with one attached hydrogen (secondary N) is 1. The van der Waals surface area contributed by atoms with Gasteiger partial charge in [0, 0.05) is 30.9 Å². The lowest BCUT2D eigenvalue weighted by atomic mass is 10.2. The SMILES string of the molecule is O=C(C=Cc1ccc2c(c1)OCO2)NCCn1ccc2ccccc21. The van der Waals surface area contributed by atoms with E-state index in [1.54, 1.807) is 6.08 Å². The number of carbonyl (C=O) groups excluding carboxylic acids is 1. The van der Waals surface area contributed by atoms with Crippen LogP contribution in [-0.2, 0) is 11.3 Å². The molecule has 1 N–H and O–H groups in total. The van der Waals surface area contributed by atoms with Gasteiger partial charge in [-0.15, -0.1) is 0 Å². The first kappa shape index (κ1) is 15.3. The molecule has 4 rings (SSSR count). The zero-order valence-electron chi connectivity index (χ0n) is 13.6. The van der Waals surface area contributed by atoms with Crippen molar-refractivity contribution in [2.24, 2.45) is 0 Å². The van der Waals surface area contributed by atoms with Crippen molar-refractivity contribution in [3.05, 3.63) is 66.4 Å². The number of amides is 1. The van der Waals surface area contributed by atoms with Crippen LogP contribution in [0.4, 0.5) is 0 Å². The van der Waals surface area contributed by atoms with Crippen molar-refractivity contribution >= 4 is 22.9 Å². The molecular weight excluding hydrogens is 316 g/mol. The second-order valence-electron chi connectivity index (χ2n) is 5.81. The number of hydrogen-bond donors (Lipinski definition) is 1. The van der Waals surface area contributed by atoms with Gasteiger partial charge in [0.15, 0.2) is 11.5 Å². The van der Waals surface area contributed by atoms with Crippen LogP contribution in [0.1, 0.15) is 5.56 Å². The number of carbonyl (C=O) groups is 1. The number of nitrogens with zero attached hydrogens (tertiary/aromatic N) is 1. The topological polar surface area (TPSA) is 52.5 Å². The summed E-state index contributed by atoms with van der Waals surface area (Å²) in [6.45, 7) is 1.55. The molecule has 3 aromatic rings. The first-order valence-electron chi connectivity index (χ1n) is 8.19. The number of benzene rings is 2. The van der Waals surface area contributed by atoms with Crippen LogP contribution < -0.4 is 14.8 Å². The summed E-state index contributed by atoms with van der Waals surface area (Å²) in [5.41, 5.74) is 2.07. The maximum Gasteiger partial charge on any atom is 0.244 e. The monoisotopic (exact) mass is 334 g/mol. The molecule has 126 valence electrons. The van der Waals surface area contributed by atoms with E-state index in [1.165, 1.54) is 17.0 Å². The predicted octanol–water partition coefficient (Wildman–Crippen LogP) is 3.20. The summed E-state index contributed by atoms with van der Waals surface area (Å²) < 4.78 is 12.7. The van der Waals surface area contributed by atoms with Gasteiger partial charge in [-0.2, -0.15) is 0 Å². The van der Waals surface area contributed by atoms with Crippen LogP contribution in [-0.4, -0.2) is 23.8 Å². The molecule has 0 saturated carbocycles. The molecule has 2 heterocycles. The molecule has 0 bridgehead atoms. The van der Waals surface area contributed by atoms with Crippen LogP contribution in [0.5, 0.6) is 11.5 Å². The fraction of sp³-hybridized carbons (Fsp3) is 0.150. The molecule has 25 heavy (non-hydrogen) atoms. The van der Waals surface area contributed by atoms with E-state index < -0.39 is 0 Å². The Hall–Kier alpha value is -3.21. The van der Waals surface area contributed by atoms with E-state index in [4.69, 9.17) is 9.47 Å². The second-order valence-corrected chi connectivity index (χ2v) is 5.81. The second kappa shape index (κ2) is 6.73. The molecule has 0 saturated heterocycles. The van der Waals surface area contributed by atoms with Crippen molar-refractivity contribution in [1.29, 1.82) is 0 Å². The van der Waals surface area contributed by atoms with Crippen LogP contribution in [0.2, 0.25) is 0 Å². The minimum absolute atomic E-state index is 0.117. The number of fused-ring (bicyclic) bond motifs is 2. The van der Waals surface area contributed by atoms with E-state index in [0.29, 0.717) is 12.3 Å². The van der Waals surface area contributed by atoms with E-state index in [1.807, 2.05) is 36.5 Å². The molecule has 0 radical (unpaired) electrons. The number of rotatable bonds is 5. The lowest BCUT2D eigenvalue weighted by Gasteiger charge is -2.06. The Balaban J connectivity index is 1.32. The third-order valence-electron chi connectivity index (χ3n) is 4.16. The van der Waals surface area contributed by atoms with Crippen LogP contribution in [0.3, 0.4) is 0 Å². The summed E-state index contributed by atoms with van der Waals surface area (Å²) in [5, 5.41) is 4.11. The lowest BCUT2D eigenvalue weighted by Crippen LogP contribution is -2.25. The van der Waals surface area contributed by atoms with Gasteiger partial charge in [-0.25, -0.2) is 0 Å². The fourth-order valence-electron chi connectivity index (χ4n) is 2.88. The van der Waals surface area contributed by atoms with Crippen LogP contribution in [0, 0.1) is 0 Å². The average molecular weight is 334 g/mol. The Morgan fingerprint density at radius 1 is 1.12 bits per heavy atom. The maximum absolute atomic E-state index is 12.0. The van der Waals surface area contributed by atoms with Crippen molar-refractivity contribution in [3.8, 4) is 11.5 Å². The first-order chi connectivity index (χ1) is 12.3. The van der Waals surface area contributed by atoms with Gasteiger partial charge in [-0.3, -0.25) is 4.79 Å². The summed E-state index contributed by atoms with van der Waals surface area (Å²) in [6.07, 6.45) is 5.34. The van der Waals surface area contributed by atoms with Gasteiger partial charge in [0.05, 0.1) is 0 Å². The van der Waals surface area contributed by atoms with E-state index >= 15 is 0 Å². The van der Waals surface area contributed by atoms with Crippen LogP contribution in [0.15, 0.2) is 60.8 Å². The van der Waals surface area contributed by atoms with Crippen molar-refractivity contribution < 1.29 is 14.3 Å². The Morgan fingerprint density at radius 2 is 2.00 bits per heavy atom. The normalized spacial score (nSPS) is 12.8. The molecule has 0 unspecified atom stereocenters. The van der Waals surface area contributed by atoms with Gasteiger partial charge in [0.2, 0.25) is 12.7 Å². The summed E-state index contributed by atoms with van der Waals surface area (Å²) in [4.78, 5) is 12.0. The Labute approximate surface area is 145 Å². The summed E-state index contributed by atoms with van der Waals surface area (Å²) in [7, 11) is 0. The molecule has 0 spiro atoms. The first-order valence-corrected chi connectivity index (χ1v) is 8.19. The predicted molar refractivity (Wildman–Crippen MR) is 96.5 cm³/mol. The van der Waals surface area contributed by atoms with E-state index in [9.17, 15) is 4.79 Å². The fourth-order valence-corrected chi connectivity index (χ4v) is 2.88. The highest BCUT2D eigenvalue weighted by Crippen LogP contribution is 2.32. The summed E-state index contributed by atoms with van der Waals surface area (Å²) in [6, 6.07) is 15.9.